The van der Waals surface area contributed by atoms with Crippen LogP contribution in [0.3, 0.4) is 0 Å². The zero-order valence-electron chi connectivity index (χ0n) is 8.66. The lowest BCUT2D eigenvalue weighted by atomic mass is 9.96. The summed E-state index contributed by atoms with van der Waals surface area (Å²) in [5.74, 6) is -2.01. The summed E-state index contributed by atoms with van der Waals surface area (Å²) >= 11 is 0. The summed E-state index contributed by atoms with van der Waals surface area (Å²) in [6.07, 6.45) is 0.432. The molecule has 0 fully saturated rings. The summed E-state index contributed by atoms with van der Waals surface area (Å²) < 4.78 is 18.0. The first kappa shape index (κ1) is 11.5. The molecule has 1 aromatic carbocycles. The van der Waals surface area contributed by atoms with E-state index < -0.39 is 17.7 Å². The number of methoxy groups -OCH3 is 1. The Labute approximate surface area is 87.5 Å². The number of carboxylic acids is 1. The lowest BCUT2D eigenvalue weighted by Gasteiger charge is -2.11. The molecule has 0 spiro atoms. The fraction of sp³-hybridized carbons (Fsp3) is 0.364. The molecule has 0 saturated heterocycles. The van der Waals surface area contributed by atoms with Crippen molar-refractivity contribution < 1.29 is 19.0 Å². The summed E-state index contributed by atoms with van der Waals surface area (Å²) in [6.45, 7) is 1.75. The third-order valence-electron chi connectivity index (χ3n) is 2.28. The molecule has 0 heterocycles. The van der Waals surface area contributed by atoms with E-state index in [4.69, 9.17) is 9.84 Å². The van der Waals surface area contributed by atoms with Crippen LogP contribution in [0.2, 0.25) is 0 Å². The minimum absolute atomic E-state index is 0.124. The van der Waals surface area contributed by atoms with Crippen LogP contribution < -0.4 is 4.74 Å². The minimum atomic E-state index is -0.943. The maximum Gasteiger partial charge on any atom is 0.310 e. The van der Waals surface area contributed by atoms with Crippen LogP contribution in [-0.4, -0.2) is 18.2 Å². The van der Waals surface area contributed by atoms with Crippen molar-refractivity contribution in [2.24, 2.45) is 0 Å². The highest BCUT2D eigenvalue weighted by molar-refractivity contribution is 5.76. The molecule has 0 aliphatic heterocycles. The van der Waals surface area contributed by atoms with E-state index in [9.17, 15) is 9.18 Å². The summed E-state index contributed by atoms with van der Waals surface area (Å²) in [5.41, 5.74) is 0.461. The van der Waals surface area contributed by atoms with E-state index in [2.05, 4.69) is 0 Å². The number of hydrogen-bond donors (Lipinski definition) is 1. The minimum Gasteiger partial charge on any atom is -0.494 e. The van der Waals surface area contributed by atoms with Gasteiger partial charge in [-0.1, -0.05) is 13.0 Å². The number of aliphatic carboxylic acids is 1. The maximum atomic E-state index is 13.3. The lowest BCUT2D eigenvalue weighted by Crippen LogP contribution is -2.10. The molecule has 0 saturated carbocycles. The van der Waals surface area contributed by atoms with E-state index in [1.807, 2.05) is 0 Å². The predicted molar refractivity (Wildman–Crippen MR) is 53.6 cm³/mol. The molecule has 0 bridgehead atoms. The van der Waals surface area contributed by atoms with Crippen LogP contribution in [-0.2, 0) is 4.79 Å². The van der Waals surface area contributed by atoms with E-state index >= 15 is 0 Å². The average molecular weight is 212 g/mol. The van der Waals surface area contributed by atoms with Gasteiger partial charge in [-0.2, -0.15) is 0 Å². The van der Waals surface area contributed by atoms with Crippen LogP contribution >= 0.6 is 0 Å². The van der Waals surface area contributed by atoms with Crippen molar-refractivity contribution in [2.75, 3.05) is 7.11 Å². The Kier molecular flexibility index (Phi) is 3.66. The van der Waals surface area contributed by atoms with E-state index in [1.54, 1.807) is 13.0 Å². The van der Waals surface area contributed by atoms with Gasteiger partial charge in [0.2, 0.25) is 0 Å². The van der Waals surface area contributed by atoms with Crippen LogP contribution in [0.5, 0.6) is 5.75 Å². The predicted octanol–water partition coefficient (Wildman–Crippen LogP) is 2.41. The van der Waals surface area contributed by atoms with Gasteiger partial charge in [-0.3, -0.25) is 4.79 Å². The SMILES string of the molecule is CCC(C(=O)O)c1ccc(OC)c(F)c1. The molecule has 1 rings (SSSR count). The Bertz CT molecular complexity index is 363. The largest absolute Gasteiger partial charge is 0.494 e. The monoisotopic (exact) mass is 212 g/mol. The van der Waals surface area contributed by atoms with Crippen molar-refractivity contribution in [2.45, 2.75) is 19.3 Å². The molecule has 3 nitrogen and oxygen atoms in total. The van der Waals surface area contributed by atoms with Gasteiger partial charge in [0.1, 0.15) is 0 Å². The number of ether oxygens (including phenoxy) is 1. The molecule has 15 heavy (non-hydrogen) atoms. The number of carboxylic acid groups (broad SMARTS) is 1. The molecular formula is C11H13FO3. The van der Waals surface area contributed by atoms with Gasteiger partial charge < -0.3 is 9.84 Å². The van der Waals surface area contributed by atoms with Crippen LogP contribution in [0.15, 0.2) is 18.2 Å². The Morgan fingerprint density at radius 3 is 2.67 bits per heavy atom. The third-order valence-corrected chi connectivity index (χ3v) is 2.28. The molecule has 0 radical (unpaired) electrons. The smallest absolute Gasteiger partial charge is 0.310 e. The molecule has 1 aromatic rings. The standard InChI is InChI=1S/C11H13FO3/c1-3-8(11(13)14)7-4-5-10(15-2)9(12)6-7/h4-6,8H,3H2,1-2H3,(H,13,14). The number of benzene rings is 1. The second-order valence-electron chi connectivity index (χ2n) is 3.19. The number of halogens is 1. The van der Waals surface area contributed by atoms with Crippen LogP contribution in [0, 0.1) is 5.82 Å². The summed E-state index contributed by atoms with van der Waals surface area (Å²) in [4.78, 5) is 10.8. The third kappa shape index (κ3) is 2.46. The van der Waals surface area contributed by atoms with E-state index in [0.717, 1.165) is 0 Å². The van der Waals surface area contributed by atoms with Crippen molar-refractivity contribution in [3.8, 4) is 5.75 Å². The fourth-order valence-corrected chi connectivity index (χ4v) is 1.45. The Morgan fingerprint density at radius 1 is 1.60 bits per heavy atom. The fourth-order valence-electron chi connectivity index (χ4n) is 1.45. The molecule has 0 aliphatic rings. The van der Waals surface area contributed by atoms with Crippen LogP contribution in [0.4, 0.5) is 4.39 Å². The first-order valence-electron chi connectivity index (χ1n) is 4.66. The normalized spacial score (nSPS) is 12.2. The van der Waals surface area contributed by atoms with Gasteiger partial charge in [-0.05, 0) is 24.1 Å². The van der Waals surface area contributed by atoms with Crippen molar-refractivity contribution in [3.05, 3.63) is 29.6 Å². The molecule has 1 N–H and O–H groups in total. The van der Waals surface area contributed by atoms with Gasteiger partial charge in [0.25, 0.3) is 0 Å². The van der Waals surface area contributed by atoms with E-state index in [1.165, 1.54) is 19.2 Å². The van der Waals surface area contributed by atoms with Crippen molar-refractivity contribution in [1.82, 2.24) is 0 Å². The molecular weight excluding hydrogens is 199 g/mol. The highest BCUT2D eigenvalue weighted by Gasteiger charge is 2.18. The first-order chi connectivity index (χ1) is 7.10. The molecule has 4 heteroatoms. The quantitative estimate of drug-likeness (QED) is 0.833. The summed E-state index contributed by atoms with van der Waals surface area (Å²) in [6, 6.07) is 4.22. The highest BCUT2D eigenvalue weighted by Crippen LogP contribution is 2.25. The molecule has 0 aromatic heterocycles. The van der Waals surface area contributed by atoms with Gasteiger partial charge in [0.15, 0.2) is 11.6 Å². The Morgan fingerprint density at radius 2 is 2.27 bits per heavy atom. The number of carbonyl (C=O) groups is 1. The molecule has 1 atom stereocenters. The lowest BCUT2D eigenvalue weighted by molar-refractivity contribution is -0.138. The average Bonchev–Trinajstić information content (AvgIpc) is 2.18. The van der Waals surface area contributed by atoms with Crippen LogP contribution in [0.25, 0.3) is 0 Å². The summed E-state index contributed by atoms with van der Waals surface area (Å²) in [7, 11) is 1.37. The Hall–Kier alpha value is -1.58. The number of rotatable bonds is 4. The topological polar surface area (TPSA) is 46.5 Å². The van der Waals surface area contributed by atoms with E-state index in [-0.39, 0.29) is 5.75 Å². The van der Waals surface area contributed by atoms with Crippen molar-refractivity contribution in [1.29, 1.82) is 0 Å². The second kappa shape index (κ2) is 4.77. The second-order valence-corrected chi connectivity index (χ2v) is 3.19. The van der Waals surface area contributed by atoms with Gasteiger partial charge >= 0.3 is 5.97 Å². The number of hydrogen-bond acceptors (Lipinski definition) is 2. The first-order valence-corrected chi connectivity index (χ1v) is 4.66. The molecule has 1 unspecified atom stereocenters. The van der Waals surface area contributed by atoms with Gasteiger partial charge in [0.05, 0.1) is 13.0 Å². The molecule has 0 aliphatic carbocycles. The van der Waals surface area contributed by atoms with Crippen LogP contribution in [0.1, 0.15) is 24.8 Å². The maximum absolute atomic E-state index is 13.3. The van der Waals surface area contributed by atoms with Gasteiger partial charge in [-0.15, -0.1) is 0 Å². The van der Waals surface area contributed by atoms with Crippen molar-refractivity contribution >= 4 is 5.97 Å². The van der Waals surface area contributed by atoms with Crippen molar-refractivity contribution in [3.63, 3.8) is 0 Å². The Balaban J connectivity index is 3.05. The zero-order valence-corrected chi connectivity index (χ0v) is 8.66. The van der Waals surface area contributed by atoms with E-state index in [0.29, 0.717) is 12.0 Å². The molecule has 82 valence electrons. The van der Waals surface area contributed by atoms with Gasteiger partial charge in [0, 0.05) is 0 Å². The zero-order chi connectivity index (χ0) is 11.4. The highest BCUT2D eigenvalue weighted by atomic mass is 19.1. The molecule has 0 amide bonds. The summed E-state index contributed by atoms with van der Waals surface area (Å²) in [5, 5.41) is 8.89. The van der Waals surface area contributed by atoms with Gasteiger partial charge in [-0.25, -0.2) is 4.39 Å².